The van der Waals surface area contributed by atoms with Gasteiger partial charge in [-0.05, 0) is 39.7 Å². The van der Waals surface area contributed by atoms with E-state index in [1.54, 1.807) is 33.9 Å². The largest absolute Gasteiger partial charge is 0.444 e. The van der Waals surface area contributed by atoms with Gasteiger partial charge in [0, 0.05) is 25.2 Å². The van der Waals surface area contributed by atoms with Gasteiger partial charge in [0.1, 0.15) is 11.4 Å². The van der Waals surface area contributed by atoms with E-state index in [4.69, 9.17) is 4.74 Å². The molecule has 0 spiro atoms. The normalized spacial score (nSPS) is 18.2. The molecule has 1 aliphatic rings. The summed E-state index contributed by atoms with van der Waals surface area (Å²) in [5.41, 5.74) is 0.277. The Hall–Kier alpha value is -2.11. The maximum absolute atomic E-state index is 12.0. The molecule has 0 radical (unpaired) electrons. The van der Waals surface area contributed by atoms with Crippen molar-refractivity contribution in [2.45, 2.75) is 52.2 Å². The van der Waals surface area contributed by atoms with Gasteiger partial charge in [0.2, 0.25) is 5.91 Å². The first kappa shape index (κ1) is 16.3. The van der Waals surface area contributed by atoms with Crippen LogP contribution in [-0.4, -0.2) is 34.0 Å². The molecule has 6 nitrogen and oxygen atoms in total. The van der Waals surface area contributed by atoms with Crippen molar-refractivity contribution in [3.8, 4) is 0 Å². The van der Waals surface area contributed by atoms with Crippen LogP contribution in [0.5, 0.6) is 0 Å². The molecule has 2 amide bonds. The fraction of sp³-hybridized carbons (Fsp3) is 0.562. The van der Waals surface area contributed by atoms with Crippen LogP contribution in [0.4, 0.5) is 10.6 Å². The molecule has 22 heavy (non-hydrogen) atoms. The van der Waals surface area contributed by atoms with Crippen LogP contribution < -0.4 is 5.32 Å². The molecule has 2 rings (SSSR count). The monoisotopic (exact) mass is 305 g/mol. The highest BCUT2D eigenvalue weighted by Gasteiger charge is 2.30. The third-order valence-electron chi connectivity index (χ3n) is 3.47. The lowest BCUT2D eigenvalue weighted by Gasteiger charge is -2.25. The molecule has 0 aromatic carbocycles. The van der Waals surface area contributed by atoms with Gasteiger partial charge in [-0.3, -0.25) is 10.1 Å². The molecule has 0 aliphatic carbocycles. The van der Waals surface area contributed by atoms with E-state index in [0.29, 0.717) is 5.82 Å². The Balaban J connectivity index is 2.20. The van der Waals surface area contributed by atoms with Crippen molar-refractivity contribution < 1.29 is 14.3 Å². The Morgan fingerprint density at radius 1 is 1.41 bits per heavy atom. The highest BCUT2D eigenvalue weighted by atomic mass is 16.6. The summed E-state index contributed by atoms with van der Waals surface area (Å²) in [5.74, 6) is 0.490. The SMILES string of the molecule is CC(=O)N1CCCC1c1cccnc1NC(=O)OC(C)(C)C. The average Bonchev–Trinajstić information content (AvgIpc) is 2.86. The minimum absolute atomic E-state index is 0.0366. The lowest BCUT2D eigenvalue weighted by atomic mass is 10.1. The second-order valence-electron chi connectivity index (χ2n) is 6.44. The summed E-state index contributed by atoms with van der Waals surface area (Å²) in [4.78, 5) is 29.8. The van der Waals surface area contributed by atoms with E-state index in [1.807, 2.05) is 17.0 Å². The summed E-state index contributed by atoms with van der Waals surface area (Å²) >= 11 is 0. The maximum atomic E-state index is 12.0. The number of rotatable bonds is 2. The molecule has 2 heterocycles. The first-order valence-corrected chi connectivity index (χ1v) is 7.50. The number of anilines is 1. The van der Waals surface area contributed by atoms with Crippen LogP contribution in [0.3, 0.4) is 0 Å². The molecule has 6 heteroatoms. The summed E-state index contributed by atoms with van der Waals surface area (Å²) in [6, 6.07) is 3.66. The predicted octanol–water partition coefficient (Wildman–Crippen LogP) is 3.11. The predicted molar refractivity (Wildman–Crippen MR) is 83.5 cm³/mol. The number of hydrogen-bond donors (Lipinski definition) is 1. The van der Waals surface area contributed by atoms with Gasteiger partial charge in [0.05, 0.1) is 6.04 Å². The number of hydrogen-bond acceptors (Lipinski definition) is 4. The number of likely N-dealkylation sites (tertiary alicyclic amines) is 1. The minimum atomic E-state index is -0.572. The Morgan fingerprint density at radius 3 is 2.77 bits per heavy atom. The Labute approximate surface area is 130 Å². The second-order valence-corrected chi connectivity index (χ2v) is 6.44. The highest BCUT2D eigenvalue weighted by molar-refractivity contribution is 5.85. The third kappa shape index (κ3) is 3.96. The molecule has 1 fully saturated rings. The number of nitrogens with one attached hydrogen (secondary N) is 1. The first-order valence-electron chi connectivity index (χ1n) is 7.50. The average molecular weight is 305 g/mol. The first-order chi connectivity index (χ1) is 10.3. The van der Waals surface area contributed by atoms with Crippen LogP contribution in [0.1, 0.15) is 52.1 Å². The Kier molecular flexibility index (Phi) is 4.68. The fourth-order valence-corrected chi connectivity index (χ4v) is 2.66. The zero-order chi connectivity index (χ0) is 16.3. The lowest BCUT2D eigenvalue weighted by Crippen LogP contribution is -2.30. The van der Waals surface area contributed by atoms with Crippen molar-refractivity contribution in [2.75, 3.05) is 11.9 Å². The number of carbonyl (C=O) groups excluding carboxylic acids is 2. The van der Waals surface area contributed by atoms with Crippen molar-refractivity contribution in [1.29, 1.82) is 0 Å². The highest BCUT2D eigenvalue weighted by Crippen LogP contribution is 2.35. The van der Waals surface area contributed by atoms with E-state index in [-0.39, 0.29) is 11.9 Å². The van der Waals surface area contributed by atoms with Gasteiger partial charge < -0.3 is 9.64 Å². The summed E-state index contributed by atoms with van der Waals surface area (Å²) in [5, 5.41) is 2.69. The molecular weight excluding hydrogens is 282 g/mol. The van der Waals surface area contributed by atoms with E-state index in [1.165, 1.54) is 0 Å². The number of ether oxygens (including phenoxy) is 1. The zero-order valence-electron chi connectivity index (χ0n) is 13.5. The Bertz CT molecular complexity index is 566. The molecule has 0 bridgehead atoms. The number of pyridine rings is 1. The van der Waals surface area contributed by atoms with Gasteiger partial charge in [-0.15, -0.1) is 0 Å². The summed E-state index contributed by atoms with van der Waals surface area (Å²) in [6.45, 7) is 7.72. The lowest BCUT2D eigenvalue weighted by molar-refractivity contribution is -0.129. The summed E-state index contributed by atoms with van der Waals surface area (Å²) in [6.07, 6.45) is 2.89. The van der Waals surface area contributed by atoms with Crippen LogP contribution in [-0.2, 0) is 9.53 Å². The van der Waals surface area contributed by atoms with Crippen molar-refractivity contribution in [1.82, 2.24) is 9.88 Å². The van der Waals surface area contributed by atoms with Crippen LogP contribution >= 0.6 is 0 Å². The standard InChI is InChI=1S/C16H23N3O3/c1-11(20)19-10-6-8-13(19)12-7-5-9-17-14(12)18-15(21)22-16(2,3)4/h5,7,9,13H,6,8,10H2,1-4H3,(H,17,18,21). The van der Waals surface area contributed by atoms with Gasteiger partial charge in [-0.25, -0.2) is 9.78 Å². The van der Waals surface area contributed by atoms with Crippen molar-refractivity contribution in [3.63, 3.8) is 0 Å². The van der Waals surface area contributed by atoms with Crippen LogP contribution in [0.15, 0.2) is 18.3 Å². The second kappa shape index (κ2) is 6.34. The third-order valence-corrected chi connectivity index (χ3v) is 3.47. The number of carbonyl (C=O) groups is 2. The maximum Gasteiger partial charge on any atom is 0.413 e. The molecule has 1 aromatic rings. The van der Waals surface area contributed by atoms with Crippen LogP contribution in [0.25, 0.3) is 0 Å². The van der Waals surface area contributed by atoms with E-state index in [0.717, 1.165) is 24.9 Å². The van der Waals surface area contributed by atoms with E-state index in [9.17, 15) is 9.59 Å². The molecular formula is C16H23N3O3. The van der Waals surface area contributed by atoms with Gasteiger partial charge in [0.15, 0.2) is 0 Å². The summed E-state index contributed by atoms with van der Waals surface area (Å²) in [7, 11) is 0. The van der Waals surface area contributed by atoms with E-state index < -0.39 is 11.7 Å². The molecule has 1 aliphatic heterocycles. The smallest absolute Gasteiger partial charge is 0.413 e. The van der Waals surface area contributed by atoms with Gasteiger partial charge in [-0.2, -0.15) is 0 Å². The zero-order valence-corrected chi connectivity index (χ0v) is 13.5. The molecule has 1 atom stereocenters. The summed E-state index contributed by atoms with van der Waals surface area (Å²) < 4.78 is 5.26. The van der Waals surface area contributed by atoms with Crippen LogP contribution in [0.2, 0.25) is 0 Å². The van der Waals surface area contributed by atoms with E-state index in [2.05, 4.69) is 10.3 Å². The van der Waals surface area contributed by atoms with Crippen molar-refractivity contribution in [3.05, 3.63) is 23.9 Å². The number of nitrogens with zero attached hydrogens (tertiary/aromatic N) is 2. The molecule has 0 saturated carbocycles. The van der Waals surface area contributed by atoms with E-state index >= 15 is 0 Å². The molecule has 1 aromatic heterocycles. The molecule has 120 valence electrons. The number of aromatic nitrogens is 1. The van der Waals surface area contributed by atoms with Crippen molar-refractivity contribution >= 4 is 17.8 Å². The molecule has 1 saturated heterocycles. The van der Waals surface area contributed by atoms with Gasteiger partial charge in [-0.1, -0.05) is 6.07 Å². The van der Waals surface area contributed by atoms with Gasteiger partial charge >= 0.3 is 6.09 Å². The molecule has 1 unspecified atom stereocenters. The quantitative estimate of drug-likeness (QED) is 0.911. The number of amides is 2. The van der Waals surface area contributed by atoms with Crippen LogP contribution in [0, 0.1) is 0 Å². The molecule has 1 N–H and O–H groups in total. The minimum Gasteiger partial charge on any atom is -0.444 e. The fourth-order valence-electron chi connectivity index (χ4n) is 2.66. The van der Waals surface area contributed by atoms with Gasteiger partial charge in [0.25, 0.3) is 0 Å². The van der Waals surface area contributed by atoms with Crippen molar-refractivity contribution in [2.24, 2.45) is 0 Å². The Morgan fingerprint density at radius 2 is 2.14 bits per heavy atom. The topological polar surface area (TPSA) is 71.5 Å².